The van der Waals surface area contributed by atoms with Crippen LogP contribution >= 0.6 is 12.4 Å². The minimum atomic E-state index is -0.114. The van der Waals surface area contributed by atoms with Gasteiger partial charge in [0.15, 0.2) is 0 Å². The smallest absolute Gasteiger partial charge is 0.121 e. The highest BCUT2D eigenvalue weighted by Gasteiger charge is 2.45. The molecule has 0 spiro atoms. The number of hydrogen-bond donors (Lipinski definition) is 2. The molecular weight excluding hydrogens is 212 g/mol. The van der Waals surface area contributed by atoms with E-state index in [1.807, 2.05) is 0 Å². The minimum Gasteiger partial charge on any atom is -0.359 e. The first-order valence-electron chi connectivity index (χ1n) is 5.66. The van der Waals surface area contributed by atoms with Crippen LogP contribution in [0.3, 0.4) is 0 Å². The monoisotopic (exact) mass is 234 g/mol. The van der Waals surface area contributed by atoms with Crippen LogP contribution in [0.2, 0.25) is 0 Å². The summed E-state index contributed by atoms with van der Waals surface area (Å²) < 4.78 is 5.94. The maximum atomic E-state index is 5.94. The van der Waals surface area contributed by atoms with Gasteiger partial charge in [0, 0.05) is 18.0 Å². The van der Waals surface area contributed by atoms with Crippen LogP contribution in [0.5, 0.6) is 0 Å². The largest absolute Gasteiger partial charge is 0.359 e. The number of piperidine rings is 1. The predicted octanol–water partition coefficient (Wildman–Crippen LogP) is 1.52. The number of halogens is 1. The Balaban J connectivity index is 0.00000112. The van der Waals surface area contributed by atoms with E-state index in [-0.39, 0.29) is 23.7 Å². The Bertz CT molecular complexity index is 217. The molecule has 2 aliphatic rings. The lowest BCUT2D eigenvalue weighted by molar-refractivity contribution is -0.0498. The summed E-state index contributed by atoms with van der Waals surface area (Å²) in [6, 6.07) is 0. The van der Waals surface area contributed by atoms with Gasteiger partial charge >= 0.3 is 0 Å². The van der Waals surface area contributed by atoms with Crippen molar-refractivity contribution in [2.24, 2.45) is 5.92 Å². The van der Waals surface area contributed by atoms with Gasteiger partial charge in [0.2, 0.25) is 0 Å². The van der Waals surface area contributed by atoms with E-state index < -0.39 is 0 Å². The summed E-state index contributed by atoms with van der Waals surface area (Å²) in [5.74, 6) is 0.609. The molecule has 2 N–H and O–H groups in total. The van der Waals surface area contributed by atoms with Crippen LogP contribution in [-0.4, -0.2) is 31.0 Å². The van der Waals surface area contributed by atoms with Gasteiger partial charge in [-0.1, -0.05) is 0 Å². The predicted molar refractivity (Wildman–Crippen MR) is 64.4 cm³/mol. The summed E-state index contributed by atoms with van der Waals surface area (Å²) in [6.45, 7) is 9.66. The van der Waals surface area contributed by atoms with Crippen LogP contribution in [0, 0.1) is 5.92 Å². The maximum absolute atomic E-state index is 5.94. The van der Waals surface area contributed by atoms with Gasteiger partial charge in [0.25, 0.3) is 0 Å². The number of nitrogens with one attached hydrogen (secondary N) is 2. The van der Waals surface area contributed by atoms with Crippen LogP contribution in [0.25, 0.3) is 0 Å². The normalized spacial score (nSPS) is 39.8. The molecule has 0 aromatic carbocycles. The summed E-state index contributed by atoms with van der Waals surface area (Å²) in [5, 5.41) is 7.06. The van der Waals surface area contributed by atoms with E-state index in [1.54, 1.807) is 0 Å². The molecule has 0 saturated carbocycles. The number of rotatable bonds is 1. The van der Waals surface area contributed by atoms with Crippen molar-refractivity contribution in [2.45, 2.75) is 44.9 Å². The second-order valence-electron chi connectivity index (χ2n) is 5.45. The summed E-state index contributed by atoms with van der Waals surface area (Å²) in [6.07, 6.45) is 2.54. The molecule has 3 nitrogen and oxygen atoms in total. The molecule has 2 unspecified atom stereocenters. The van der Waals surface area contributed by atoms with E-state index in [1.165, 1.54) is 12.8 Å². The maximum Gasteiger partial charge on any atom is 0.121 e. The number of hydrogen-bond acceptors (Lipinski definition) is 3. The van der Waals surface area contributed by atoms with Gasteiger partial charge < -0.3 is 10.1 Å². The zero-order valence-electron chi connectivity index (χ0n) is 9.93. The second kappa shape index (κ2) is 4.58. The molecule has 2 aliphatic heterocycles. The molecule has 0 radical (unpaired) electrons. The standard InChI is InChI=1S/C11H22N2O.ClH/c1-10(2)8-14-11(3,13-10)9-5-4-6-12-7-9;/h9,12-13H,4-8H2,1-3H3;1H. The molecule has 0 aromatic heterocycles. The van der Waals surface area contributed by atoms with Crippen LogP contribution in [0.1, 0.15) is 33.6 Å². The molecule has 0 aliphatic carbocycles. The summed E-state index contributed by atoms with van der Waals surface area (Å²) in [4.78, 5) is 0. The Labute approximate surface area is 98.7 Å². The molecule has 2 atom stereocenters. The highest BCUT2D eigenvalue weighted by molar-refractivity contribution is 5.85. The summed E-state index contributed by atoms with van der Waals surface area (Å²) >= 11 is 0. The van der Waals surface area contributed by atoms with E-state index >= 15 is 0 Å². The molecular formula is C11H23ClN2O. The SMILES string of the molecule is CC1(C)COC(C)(C2CCCNC2)N1.Cl. The van der Waals surface area contributed by atoms with E-state index in [9.17, 15) is 0 Å². The fourth-order valence-electron chi connectivity index (χ4n) is 2.62. The van der Waals surface area contributed by atoms with E-state index in [4.69, 9.17) is 4.74 Å². The lowest BCUT2D eigenvalue weighted by atomic mass is 9.89. The molecule has 0 bridgehead atoms. The van der Waals surface area contributed by atoms with Crippen molar-refractivity contribution in [1.82, 2.24) is 10.6 Å². The van der Waals surface area contributed by atoms with Crippen LogP contribution in [-0.2, 0) is 4.74 Å². The second-order valence-corrected chi connectivity index (χ2v) is 5.45. The highest BCUT2D eigenvalue weighted by atomic mass is 35.5. The van der Waals surface area contributed by atoms with Crippen LogP contribution < -0.4 is 10.6 Å². The molecule has 0 amide bonds. The van der Waals surface area contributed by atoms with Gasteiger partial charge in [-0.25, -0.2) is 0 Å². The van der Waals surface area contributed by atoms with Crippen molar-refractivity contribution in [3.63, 3.8) is 0 Å². The third-order valence-electron chi connectivity index (χ3n) is 3.40. The third-order valence-corrected chi connectivity index (χ3v) is 3.40. The zero-order chi connectivity index (χ0) is 10.2. The average Bonchev–Trinajstić information content (AvgIpc) is 2.44. The molecule has 2 heterocycles. The fraction of sp³-hybridized carbons (Fsp3) is 1.00. The highest BCUT2D eigenvalue weighted by Crippen LogP contribution is 2.32. The van der Waals surface area contributed by atoms with E-state index in [0.717, 1.165) is 19.7 Å². The number of ether oxygens (including phenoxy) is 1. The van der Waals surface area contributed by atoms with Crippen molar-refractivity contribution in [3.8, 4) is 0 Å². The Kier molecular flexibility index (Phi) is 4.04. The molecule has 15 heavy (non-hydrogen) atoms. The summed E-state index contributed by atoms with van der Waals surface area (Å²) in [7, 11) is 0. The van der Waals surface area contributed by atoms with Gasteiger partial charge in [-0.15, -0.1) is 12.4 Å². The van der Waals surface area contributed by atoms with E-state index in [0.29, 0.717) is 5.92 Å². The Morgan fingerprint density at radius 1 is 1.27 bits per heavy atom. The lowest BCUT2D eigenvalue weighted by Crippen LogP contribution is -2.54. The van der Waals surface area contributed by atoms with Gasteiger partial charge in [-0.3, -0.25) is 5.32 Å². The van der Waals surface area contributed by atoms with Gasteiger partial charge in [-0.2, -0.15) is 0 Å². The fourth-order valence-corrected chi connectivity index (χ4v) is 2.62. The molecule has 2 fully saturated rings. The first-order chi connectivity index (χ1) is 6.52. The summed E-state index contributed by atoms with van der Waals surface area (Å²) in [5.41, 5.74) is 0.0170. The molecule has 2 rings (SSSR count). The van der Waals surface area contributed by atoms with E-state index in [2.05, 4.69) is 31.4 Å². The molecule has 90 valence electrons. The lowest BCUT2D eigenvalue weighted by Gasteiger charge is -2.37. The topological polar surface area (TPSA) is 33.3 Å². The van der Waals surface area contributed by atoms with Gasteiger partial charge in [-0.05, 0) is 40.2 Å². The quantitative estimate of drug-likeness (QED) is 0.722. The van der Waals surface area contributed by atoms with Crippen LogP contribution in [0.15, 0.2) is 0 Å². The zero-order valence-corrected chi connectivity index (χ0v) is 10.7. The van der Waals surface area contributed by atoms with Crippen molar-refractivity contribution >= 4 is 12.4 Å². The van der Waals surface area contributed by atoms with Crippen molar-refractivity contribution in [3.05, 3.63) is 0 Å². The minimum absolute atomic E-state index is 0. The molecule has 2 saturated heterocycles. The average molecular weight is 235 g/mol. The first kappa shape index (κ1) is 13.2. The van der Waals surface area contributed by atoms with Crippen LogP contribution in [0.4, 0.5) is 0 Å². The van der Waals surface area contributed by atoms with Gasteiger partial charge in [0.1, 0.15) is 5.72 Å². The third kappa shape index (κ3) is 2.84. The molecule has 4 heteroatoms. The Hall–Kier alpha value is 0.170. The van der Waals surface area contributed by atoms with Crippen molar-refractivity contribution < 1.29 is 4.74 Å². The first-order valence-corrected chi connectivity index (χ1v) is 5.66. The Morgan fingerprint density at radius 2 is 2.00 bits per heavy atom. The molecule has 0 aromatic rings. The van der Waals surface area contributed by atoms with Gasteiger partial charge in [0.05, 0.1) is 6.61 Å². The van der Waals surface area contributed by atoms with Crippen molar-refractivity contribution in [1.29, 1.82) is 0 Å². The van der Waals surface area contributed by atoms with Crippen molar-refractivity contribution in [2.75, 3.05) is 19.7 Å². The Morgan fingerprint density at radius 3 is 2.47 bits per heavy atom.